The molecule has 4 nitrogen and oxygen atoms in total. The maximum absolute atomic E-state index is 11.6. The van der Waals surface area contributed by atoms with E-state index in [1.54, 1.807) is 0 Å². The first-order chi connectivity index (χ1) is 8.03. The van der Waals surface area contributed by atoms with E-state index in [9.17, 15) is 8.42 Å². The molecule has 1 aliphatic carbocycles. The molecule has 0 saturated heterocycles. The van der Waals surface area contributed by atoms with Gasteiger partial charge in [-0.2, -0.15) is 0 Å². The molecule has 17 heavy (non-hydrogen) atoms. The molecule has 0 aromatic rings. The van der Waals surface area contributed by atoms with E-state index < -0.39 is 10.0 Å². The summed E-state index contributed by atoms with van der Waals surface area (Å²) in [5.41, 5.74) is 0. The van der Waals surface area contributed by atoms with Gasteiger partial charge in [-0.3, -0.25) is 0 Å². The Morgan fingerprint density at radius 2 is 2.18 bits per heavy atom. The van der Waals surface area contributed by atoms with Crippen LogP contribution in [-0.2, 0) is 14.8 Å². The quantitative estimate of drug-likeness (QED) is 0.572. The van der Waals surface area contributed by atoms with Crippen molar-refractivity contribution < 1.29 is 13.2 Å². The zero-order chi connectivity index (χ0) is 12.7. The van der Waals surface area contributed by atoms with Crippen LogP contribution in [0.3, 0.4) is 0 Å². The molecule has 0 bridgehead atoms. The first-order valence-electron chi connectivity index (χ1n) is 6.22. The maximum Gasteiger partial charge on any atom is 0.213 e. The zero-order valence-electron chi connectivity index (χ0n) is 10.3. The fraction of sp³-hybridized carbons (Fsp3) is 1.00. The van der Waals surface area contributed by atoms with Crippen LogP contribution < -0.4 is 4.72 Å². The molecule has 102 valence electrons. The molecule has 1 aliphatic rings. The second kappa shape index (κ2) is 7.56. The molecular weight excluding hydrogens is 262 g/mol. The summed E-state index contributed by atoms with van der Waals surface area (Å²) in [7, 11) is -3.19. The largest absolute Gasteiger partial charge is 0.381 e. The molecule has 0 spiro atoms. The topological polar surface area (TPSA) is 55.4 Å². The van der Waals surface area contributed by atoms with Crippen molar-refractivity contribution in [3.8, 4) is 0 Å². The van der Waals surface area contributed by atoms with Crippen LogP contribution >= 0.6 is 11.6 Å². The van der Waals surface area contributed by atoms with Crippen molar-refractivity contribution in [3.05, 3.63) is 0 Å². The minimum Gasteiger partial charge on any atom is -0.381 e. The highest BCUT2D eigenvalue weighted by molar-refractivity contribution is 7.89. The van der Waals surface area contributed by atoms with Crippen molar-refractivity contribution >= 4 is 21.6 Å². The molecule has 1 saturated carbocycles. The number of sulfonamides is 1. The highest BCUT2D eigenvalue weighted by atomic mass is 35.5. The summed E-state index contributed by atoms with van der Waals surface area (Å²) in [4.78, 5) is 0. The van der Waals surface area contributed by atoms with Crippen LogP contribution in [0.2, 0.25) is 0 Å². The van der Waals surface area contributed by atoms with Crippen LogP contribution in [0.15, 0.2) is 0 Å². The summed E-state index contributed by atoms with van der Waals surface area (Å²) in [6.45, 7) is 3.17. The van der Waals surface area contributed by atoms with E-state index in [1.807, 2.05) is 6.92 Å². The van der Waals surface area contributed by atoms with Crippen LogP contribution in [-0.4, -0.2) is 39.3 Å². The third-order valence-electron chi connectivity index (χ3n) is 3.01. The average Bonchev–Trinajstić information content (AvgIpc) is 2.27. The van der Waals surface area contributed by atoms with Gasteiger partial charge in [-0.25, -0.2) is 13.1 Å². The fourth-order valence-electron chi connectivity index (χ4n) is 2.04. The number of hydrogen-bond acceptors (Lipinski definition) is 3. The van der Waals surface area contributed by atoms with E-state index in [0.717, 1.165) is 25.7 Å². The van der Waals surface area contributed by atoms with Gasteiger partial charge in [0, 0.05) is 18.5 Å². The third kappa shape index (κ3) is 6.60. The summed E-state index contributed by atoms with van der Waals surface area (Å²) in [6, 6.07) is 0. The Hall–Kier alpha value is 0.160. The van der Waals surface area contributed by atoms with Gasteiger partial charge in [0.25, 0.3) is 0 Å². The lowest BCUT2D eigenvalue weighted by atomic mass is 9.89. The molecule has 0 aliphatic heterocycles. The van der Waals surface area contributed by atoms with Gasteiger partial charge in [0.05, 0.1) is 12.4 Å². The second-order valence-corrected chi connectivity index (χ2v) is 7.04. The summed E-state index contributed by atoms with van der Waals surface area (Å²) < 4.78 is 30.9. The standard InChI is InChI=1S/C11H22ClNO3S/c1-2-16-6-7-17(14,15)13-9-10-4-3-5-11(12)8-10/h10-11,13H,2-9H2,1H3. The van der Waals surface area contributed by atoms with Crippen molar-refractivity contribution in [2.45, 2.75) is 38.0 Å². The summed E-state index contributed by atoms with van der Waals surface area (Å²) in [5, 5.41) is 0.210. The maximum atomic E-state index is 11.6. The number of nitrogens with one attached hydrogen (secondary N) is 1. The fourth-order valence-corrected chi connectivity index (χ4v) is 3.42. The van der Waals surface area contributed by atoms with Crippen LogP contribution in [0.1, 0.15) is 32.6 Å². The minimum absolute atomic E-state index is 0.0395. The molecule has 0 aromatic carbocycles. The number of rotatable bonds is 7. The monoisotopic (exact) mass is 283 g/mol. The SMILES string of the molecule is CCOCCS(=O)(=O)NCC1CCCC(Cl)C1. The Morgan fingerprint density at radius 3 is 2.82 bits per heavy atom. The van der Waals surface area contributed by atoms with E-state index >= 15 is 0 Å². The van der Waals surface area contributed by atoms with Crippen LogP contribution in [0.25, 0.3) is 0 Å². The first kappa shape index (κ1) is 15.2. The molecule has 6 heteroatoms. The van der Waals surface area contributed by atoms with Gasteiger partial charge in [0.15, 0.2) is 0 Å². The number of hydrogen-bond donors (Lipinski definition) is 1. The van der Waals surface area contributed by atoms with Crippen LogP contribution in [0.4, 0.5) is 0 Å². The van der Waals surface area contributed by atoms with Crippen LogP contribution in [0.5, 0.6) is 0 Å². The minimum atomic E-state index is -3.19. The van der Waals surface area contributed by atoms with Gasteiger partial charge in [0.2, 0.25) is 10.0 Å². The Labute approximate surface area is 109 Å². The van der Waals surface area contributed by atoms with Gasteiger partial charge >= 0.3 is 0 Å². The Balaban J connectivity index is 2.23. The predicted octanol–water partition coefficient (Wildman–Crippen LogP) is 1.74. The predicted molar refractivity (Wildman–Crippen MR) is 69.9 cm³/mol. The molecule has 1 N–H and O–H groups in total. The van der Waals surface area contributed by atoms with E-state index in [2.05, 4.69) is 4.72 Å². The van der Waals surface area contributed by atoms with E-state index in [-0.39, 0.29) is 17.7 Å². The van der Waals surface area contributed by atoms with Crippen molar-refractivity contribution in [1.29, 1.82) is 0 Å². The Morgan fingerprint density at radius 1 is 1.41 bits per heavy atom. The summed E-state index contributed by atoms with van der Waals surface area (Å²) in [6.07, 6.45) is 4.13. The lowest BCUT2D eigenvalue weighted by Gasteiger charge is -2.25. The van der Waals surface area contributed by atoms with E-state index in [0.29, 0.717) is 19.1 Å². The van der Waals surface area contributed by atoms with E-state index in [1.165, 1.54) is 0 Å². The van der Waals surface area contributed by atoms with Gasteiger partial charge in [0.1, 0.15) is 0 Å². The van der Waals surface area contributed by atoms with Gasteiger partial charge in [-0.05, 0) is 32.1 Å². The van der Waals surface area contributed by atoms with Crippen molar-refractivity contribution in [2.75, 3.05) is 25.5 Å². The Kier molecular flexibility index (Phi) is 6.77. The lowest BCUT2D eigenvalue weighted by Crippen LogP contribution is -2.34. The molecule has 1 fully saturated rings. The van der Waals surface area contributed by atoms with E-state index in [4.69, 9.17) is 16.3 Å². The van der Waals surface area contributed by atoms with Crippen molar-refractivity contribution in [3.63, 3.8) is 0 Å². The number of halogens is 1. The summed E-state index contributed by atoms with van der Waals surface area (Å²) >= 11 is 6.07. The van der Waals surface area contributed by atoms with Gasteiger partial charge in [-0.1, -0.05) is 6.42 Å². The highest BCUT2D eigenvalue weighted by Gasteiger charge is 2.21. The smallest absolute Gasteiger partial charge is 0.213 e. The molecule has 2 atom stereocenters. The second-order valence-electron chi connectivity index (χ2n) is 4.49. The molecule has 0 radical (unpaired) electrons. The molecule has 0 amide bonds. The van der Waals surface area contributed by atoms with Crippen molar-refractivity contribution in [2.24, 2.45) is 5.92 Å². The lowest BCUT2D eigenvalue weighted by molar-refractivity contribution is 0.163. The van der Waals surface area contributed by atoms with Crippen LogP contribution in [0, 0.1) is 5.92 Å². The van der Waals surface area contributed by atoms with Crippen molar-refractivity contribution in [1.82, 2.24) is 4.72 Å². The molecule has 2 unspecified atom stereocenters. The molecule has 1 rings (SSSR count). The molecule has 0 aromatic heterocycles. The zero-order valence-corrected chi connectivity index (χ0v) is 11.9. The molecular formula is C11H22ClNO3S. The summed E-state index contributed by atoms with van der Waals surface area (Å²) in [5.74, 6) is 0.422. The first-order valence-corrected chi connectivity index (χ1v) is 8.31. The average molecular weight is 284 g/mol. The Bertz CT molecular complexity index is 308. The third-order valence-corrected chi connectivity index (χ3v) is 4.72. The molecule has 0 heterocycles. The highest BCUT2D eigenvalue weighted by Crippen LogP contribution is 2.27. The normalized spacial score (nSPS) is 26.0. The number of alkyl halides is 1. The number of ether oxygens (including phenoxy) is 1. The van der Waals surface area contributed by atoms with Gasteiger partial charge < -0.3 is 4.74 Å². The van der Waals surface area contributed by atoms with Gasteiger partial charge in [-0.15, -0.1) is 11.6 Å².